The number of anilines is 2. The number of halogens is 1. The van der Waals surface area contributed by atoms with E-state index in [0.29, 0.717) is 40.1 Å². The number of amides is 2. The average molecular weight is 477 g/mol. The van der Waals surface area contributed by atoms with Crippen LogP contribution in [0.15, 0.2) is 89.5 Å². The molecule has 0 saturated heterocycles. The number of hydrogen-bond donors (Lipinski definition) is 2. The Bertz CT molecular complexity index is 1270. The largest absolute Gasteiger partial charge is 0.493 e. The van der Waals surface area contributed by atoms with Gasteiger partial charge in [-0.1, -0.05) is 23.7 Å². The Morgan fingerprint density at radius 2 is 1.53 bits per heavy atom. The van der Waals surface area contributed by atoms with Gasteiger partial charge in [-0.2, -0.15) is 0 Å². The molecule has 0 aliphatic rings. The molecular formula is C26H21ClN2O5. The predicted molar refractivity (Wildman–Crippen MR) is 130 cm³/mol. The maximum Gasteiger partial charge on any atom is 0.291 e. The lowest BCUT2D eigenvalue weighted by Crippen LogP contribution is -2.13. The maximum absolute atomic E-state index is 12.7. The average Bonchev–Trinajstić information content (AvgIpc) is 3.40. The summed E-state index contributed by atoms with van der Waals surface area (Å²) in [6.45, 7) is 0.335. The van der Waals surface area contributed by atoms with Gasteiger partial charge in [0, 0.05) is 22.0 Å². The second-order valence-corrected chi connectivity index (χ2v) is 7.68. The van der Waals surface area contributed by atoms with Crippen LogP contribution in [0.1, 0.15) is 26.5 Å². The van der Waals surface area contributed by atoms with Crippen LogP contribution in [-0.2, 0) is 6.61 Å². The van der Waals surface area contributed by atoms with Gasteiger partial charge in [-0.25, -0.2) is 0 Å². The van der Waals surface area contributed by atoms with Crippen molar-refractivity contribution in [1.82, 2.24) is 0 Å². The summed E-state index contributed by atoms with van der Waals surface area (Å²) in [6.07, 6.45) is 1.43. The molecule has 4 aromatic rings. The lowest BCUT2D eigenvalue weighted by molar-refractivity contribution is 0.0994. The zero-order chi connectivity index (χ0) is 23.9. The Kier molecular flexibility index (Phi) is 7.15. The van der Waals surface area contributed by atoms with Crippen molar-refractivity contribution in [1.29, 1.82) is 0 Å². The zero-order valence-electron chi connectivity index (χ0n) is 18.2. The van der Waals surface area contributed by atoms with Gasteiger partial charge in [-0.3, -0.25) is 9.59 Å². The Morgan fingerprint density at radius 1 is 0.853 bits per heavy atom. The van der Waals surface area contributed by atoms with E-state index in [9.17, 15) is 9.59 Å². The lowest BCUT2D eigenvalue weighted by Gasteiger charge is -2.13. The molecule has 0 atom stereocenters. The van der Waals surface area contributed by atoms with E-state index in [1.54, 1.807) is 66.7 Å². The second-order valence-electron chi connectivity index (χ2n) is 7.24. The van der Waals surface area contributed by atoms with Gasteiger partial charge in [0.1, 0.15) is 6.61 Å². The van der Waals surface area contributed by atoms with Gasteiger partial charge in [0.2, 0.25) is 0 Å². The summed E-state index contributed by atoms with van der Waals surface area (Å²) in [6, 6.07) is 22.3. The van der Waals surface area contributed by atoms with E-state index < -0.39 is 0 Å². The van der Waals surface area contributed by atoms with Crippen LogP contribution in [0.5, 0.6) is 11.5 Å². The SMILES string of the molecule is COc1cc(C(=O)Nc2ccc(NC(=O)c3ccco3)cc2)ccc1OCc1ccc(Cl)cc1. The number of nitrogens with one attached hydrogen (secondary N) is 2. The Labute approximate surface area is 201 Å². The van der Waals surface area contributed by atoms with Crippen molar-refractivity contribution in [3.8, 4) is 11.5 Å². The van der Waals surface area contributed by atoms with Crippen molar-refractivity contribution in [3.05, 3.63) is 107 Å². The first kappa shape index (κ1) is 22.9. The highest BCUT2D eigenvalue weighted by Gasteiger charge is 2.13. The molecule has 3 aromatic carbocycles. The number of carbonyl (C=O) groups excluding carboxylic acids is 2. The van der Waals surface area contributed by atoms with Crippen molar-refractivity contribution < 1.29 is 23.5 Å². The molecule has 1 heterocycles. The van der Waals surface area contributed by atoms with Crippen molar-refractivity contribution >= 4 is 34.8 Å². The van der Waals surface area contributed by atoms with Crippen molar-refractivity contribution in [2.24, 2.45) is 0 Å². The molecule has 0 aliphatic carbocycles. The van der Waals surface area contributed by atoms with Crippen molar-refractivity contribution in [2.75, 3.05) is 17.7 Å². The van der Waals surface area contributed by atoms with Gasteiger partial charge in [-0.15, -0.1) is 0 Å². The highest BCUT2D eigenvalue weighted by Crippen LogP contribution is 2.29. The van der Waals surface area contributed by atoms with E-state index in [1.807, 2.05) is 12.1 Å². The molecule has 0 fully saturated rings. The van der Waals surface area contributed by atoms with Gasteiger partial charge in [0.25, 0.3) is 11.8 Å². The number of hydrogen-bond acceptors (Lipinski definition) is 5. The van der Waals surface area contributed by atoms with Crippen LogP contribution in [0.4, 0.5) is 11.4 Å². The molecule has 7 nitrogen and oxygen atoms in total. The van der Waals surface area contributed by atoms with Gasteiger partial charge >= 0.3 is 0 Å². The minimum atomic E-state index is -0.354. The van der Waals surface area contributed by atoms with E-state index >= 15 is 0 Å². The van der Waals surface area contributed by atoms with Crippen molar-refractivity contribution in [2.45, 2.75) is 6.61 Å². The Hall–Kier alpha value is -4.23. The third-order valence-electron chi connectivity index (χ3n) is 4.88. The molecule has 0 bridgehead atoms. The number of methoxy groups -OCH3 is 1. The maximum atomic E-state index is 12.7. The summed E-state index contributed by atoms with van der Waals surface area (Å²) in [5.41, 5.74) is 2.51. The predicted octanol–water partition coefficient (Wildman–Crippen LogP) is 6.03. The first-order valence-electron chi connectivity index (χ1n) is 10.3. The van der Waals surface area contributed by atoms with Crippen LogP contribution in [-0.4, -0.2) is 18.9 Å². The van der Waals surface area contributed by atoms with Crippen LogP contribution in [0.2, 0.25) is 5.02 Å². The smallest absolute Gasteiger partial charge is 0.291 e. The van der Waals surface area contributed by atoms with E-state index in [-0.39, 0.29) is 17.6 Å². The molecule has 0 radical (unpaired) electrons. The summed E-state index contributed by atoms with van der Waals surface area (Å²) >= 11 is 5.91. The molecule has 0 saturated carbocycles. The first-order chi connectivity index (χ1) is 16.5. The van der Waals surface area contributed by atoms with Gasteiger partial charge in [0.05, 0.1) is 13.4 Å². The van der Waals surface area contributed by atoms with E-state index in [4.69, 9.17) is 25.5 Å². The molecule has 4 rings (SSSR count). The van der Waals surface area contributed by atoms with Crippen LogP contribution < -0.4 is 20.1 Å². The minimum Gasteiger partial charge on any atom is -0.493 e. The number of rotatable bonds is 8. The normalized spacial score (nSPS) is 10.4. The standard InChI is InChI=1S/C26H21ClN2O5/c1-32-24-15-18(6-13-22(24)34-16-17-4-7-19(27)8-5-17)25(30)28-20-9-11-21(12-10-20)29-26(31)23-3-2-14-33-23/h2-15H,16H2,1H3,(H,28,30)(H,29,31). The third kappa shape index (κ3) is 5.76. The third-order valence-corrected chi connectivity index (χ3v) is 5.13. The molecule has 0 spiro atoms. The molecule has 0 aliphatic heterocycles. The Morgan fingerprint density at radius 3 is 2.15 bits per heavy atom. The highest BCUT2D eigenvalue weighted by atomic mass is 35.5. The van der Waals surface area contributed by atoms with Crippen molar-refractivity contribution in [3.63, 3.8) is 0 Å². The minimum absolute atomic E-state index is 0.215. The summed E-state index contributed by atoms with van der Waals surface area (Å²) in [4.78, 5) is 24.8. The molecule has 172 valence electrons. The molecule has 2 amide bonds. The van der Waals surface area contributed by atoms with Gasteiger partial charge < -0.3 is 24.5 Å². The number of benzene rings is 3. The summed E-state index contributed by atoms with van der Waals surface area (Å²) in [7, 11) is 1.52. The fourth-order valence-electron chi connectivity index (χ4n) is 3.11. The first-order valence-corrected chi connectivity index (χ1v) is 10.7. The molecule has 34 heavy (non-hydrogen) atoms. The fraction of sp³-hybridized carbons (Fsp3) is 0.0769. The summed E-state index contributed by atoms with van der Waals surface area (Å²) in [5, 5.41) is 6.20. The zero-order valence-corrected chi connectivity index (χ0v) is 19.0. The topological polar surface area (TPSA) is 89.8 Å². The number of ether oxygens (including phenoxy) is 2. The van der Waals surface area contributed by atoms with Crippen LogP contribution in [0.25, 0.3) is 0 Å². The van der Waals surface area contributed by atoms with E-state index in [2.05, 4.69) is 10.6 Å². The number of carbonyl (C=O) groups is 2. The van der Waals surface area contributed by atoms with Crippen LogP contribution in [0, 0.1) is 0 Å². The van der Waals surface area contributed by atoms with Gasteiger partial charge in [0.15, 0.2) is 17.3 Å². The summed E-state index contributed by atoms with van der Waals surface area (Å²) < 4.78 is 16.3. The molecule has 1 aromatic heterocycles. The highest BCUT2D eigenvalue weighted by molar-refractivity contribution is 6.30. The monoisotopic (exact) mass is 476 g/mol. The quantitative estimate of drug-likeness (QED) is 0.324. The van der Waals surface area contributed by atoms with Gasteiger partial charge in [-0.05, 0) is 72.3 Å². The molecule has 8 heteroatoms. The van der Waals surface area contributed by atoms with E-state index in [0.717, 1.165) is 5.56 Å². The number of furan rings is 1. The molecule has 2 N–H and O–H groups in total. The molecule has 0 unspecified atom stereocenters. The van der Waals surface area contributed by atoms with Crippen LogP contribution >= 0.6 is 11.6 Å². The van der Waals surface area contributed by atoms with Crippen LogP contribution in [0.3, 0.4) is 0 Å². The second kappa shape index (κ2) is 10.6. The molecular weight excluding hydrogens is 456 g/mol. The summed E-state index contributed by atoms with van der Waals surface area (Å²) in [5.74, 6) is 0.511. The fourth-order valence-corrected chi connectivity index (χ4v) is 3.24. The van der Waals surface area contributed by atoms with E-state index in [1.165, 1.54) is 13.4 Å². The lowest BCUT2D eigenvalue weighted by atomic mass is 10.1. The Balaban J connectivity index is 1.37.